The molecule has 0 saturated carbocycles. The molecule has 1 aliphatic rings. The highest BCUT2D eigenvalue weighted by atomic mass is 35.5. The Morgan fingerprint density at radius 1 is 1.17 bits per heavy atom. The third-order valence-corrected chi connectivity index (χ3v) is 7.00. The molecule has 0 spiro atoms. The van der Waals surface area contributed by atoms with Gasteiger partial charge in [-0.1, -0.05) is 29.8 Å². The first-order valence-electron chi connectivity index (χ1n) is 9.03. The van der Waals surface area contributed by atoms with Crippen LogP contribution in [0.2, 0.25) is 5.02 Å². The standard InChI is InChI=1S/C20H22ClN3O4S/c1-23(2)29(27,28)17-9-7-16(8-10-17)22-20(26)15-11-19(25)24(13-15)12-14-5-3-4-6-18(14)21/h3-10,15H,11-13H2,1-2H3,(H,22,26)/t15-/m0/s1. The third kappa shape index (κ3) is 4.77. The summed E-state index contributed by atoms with van der Waals surface area (Å²) in [5, 5.41) is 3.34. The third-order valence-electron chi connectivity index (χ3n) is 4.80. The maximum Gasteiger partial charge on any atom is 0.242 e. The predicted octanol–water partition coefficient (Wildman–Crippen LogP) is 2.58. The number of sulfonamides is 1. The molecule has 9 heteroatoms. The molecule has 154 valence electrons. The van der Waals surface area contributed by atoms with Crippen LogP contribution in [0, 0.1) is 5.92 Å². The fourth-order valence-corrected chi connectivity index (χ4v) is 4.20. The summed E-state index contributed by atoms with van der Waals surface area (Å²) in [5.74, 6) is -0.851. The van der Waals surface area contributed by atoms with Crippen molar-refractivity contribution >= 4 is 39.1 Å². The largest absolute Gasteiger partial charge is 0.337 e. The first-order valence-corrected chi connectivity index (χ1v) is 10.8. The minimum atomic E-state index is -3.53. The Bertz CT molecular complexity index is 1020. The summed E-state index contributed by atoms with van der Waals surface area (Å²) in [6.07, 6.45) is 0.128. The first-order chi connectivity index (χ1) is 13.7. The molecule has 3 rings (SSSR count). The SMILES string of the molecule is CN(C)S(=O)(=O)c1ccc(NC(=O)[C@H]2CC(=O)N(Cc3ccccc3Cl)C2)cc1. The van der Waals surface area contributed by atoms with Gasteiger partial charge in [-0.3, -0.25) is 9.59 Å². The Hall–Kier alpha value is -2.42. The maximum atomic E-state index is 12.6. The van der Waals surface area contributed by atoms with Crippen molar-refractivity contribution in [2.45, 2.75) is 17.9 Å². The fraction of sp³-hybridized carbons (Fsp3) is 0.300. The highest BCUT2D eigenvalue weighted by Crippen LogP contribution is 2.25. The molecule has 2 aromatic rings. The minimum absolute atomic E-state index is 0.0995. The number of carbonyl (C=O) groups is 2. The van der Waals surface area contributed by atoms with Crippen LogP contribution in [-0.4, -0.2) is 50.1 Å². The van der Waals surface area contributed by atoms with Gasteiger partial charge >= 0.3 is 0 Å². The van der Waals surface area contributed by atoms with Crippen LogP contribution in [0.25, 0.3) is 0 Å². The Labute approximate surface area is 175 Å². The fourth-order valence-electron chi connectivity index (χ4n) is 3.10. The summed E-state index contributed by atoms with van der Waals surface area (Å²) in [4.78, 5) is 26.6. The topological polar surface area (TPSA) is 86.8 Å². The van der Waals surface area contributed by atoms with Crippen molar-refractivity contribution in [1.29, 1.82) is 0 Å². The van der Waals surface area contributed by atoms with Crippen LogP contribution in [0.15, 0.2) is 53.4 Å². The van der Waals surface area contributed by atoms with Gasteiger partial charge in [0.25, 0.3) is 0 Å². The lowest BCUT2D eigenvalue weighted by Gasteiger charge is -2.17. The molecule has 2 amide bonds. The van der Waals surface area contributed by atoms with Crippen LogP contribution in [0.5, 0.6) is 0 Å². The molecule has 0 aliphatic carbocycles. The van der Waals surface area contributed by atoms with E-state index in [1.165, 1.54) is 38.4 Å². The summed E-state index contributed by atoms with van der Waals surface area (Å²) < 4.78 is 25.3. The van der Waals surface area contributed by atoms with E-state index in [0.717, 1.165) is 9.87 Å². The van der Waals surface area contributed by atoms with Gasteiger partial charge in [0.1, 0.15) is 0 Å². The highest BCUT2D eigenvalue weighted by molar-refractivity contribution is 7.89. The average molecular weight is 436 g/mol. The second kappa shape index (κ2) is 8.52. The molecule has 7 nitrogen and oxygen atoms in total. The zero-order valence-electron chi connectivity index (χ0n) is 16.1. The molecule has 1 heterocycles. The number of nitrogens with zero attached hydrogens (tertiary/aromatic N) is 2. The lowest BCUT2D eigenvalue weighted by Crippen LogP contribution is -2.28. The Morgan fingerprint density at radius 3 is 2.45 bits per heavy atom. The lowest BCUT2D eigenvalue weighted by atomic mass is 10.1. The quantitative estimate of drug-likeness (QED) is 0.755. The van der Waals surface area contributed by atoms with Crippen LogP contribution < -0.4 is 5.32 Å². The van der Waals surface area contributed by atoms with Crippen molar-refractivity contribution < 1.29 is 18.0 Å². The van der Waals surface area contributed by atoms with Crippen molar-refractivity contribution in [3.63, 3.8) is 0 Å². The Morgan fingerprint density at radius 2 is 1.83 bits per heavy atom. The summed E-state index contributed by atoms with van der Waals surface area (Å²) >= 11 is 6.16. The molecular weight excluding hydrogens is 414 g/mol. The molecule has 29 heavy (non-hydrogen) atoms. The summed E-state index contributed by atoms with van der Waals surface area (Å²) in [5.41, 5.74) is 1.31. The van der Waals surface area contributed by atoms with Crippen molar-refractivity contribution in [3.8, 4) is 0 Å². The number of carbonyl (C=O) groups excluding carboxylic acids is 2. The number of amides is 2. The van der Waals surface area contributed by atoms with Crippen molar-refractivity contribution in [2.24, 2.45) is 5.92 Å². The molecule has 1 fully saturated rings. The van der Waals surface area contributed by atoms with Gasteiger partial charge in [-0.2, -0.15) is 0 Å². The summed E-state index contributed by atoms with van der Waals surface area (Å²) in [6, 6.07) is 13.2. The second-order valence-corrected chi connectivity index (χ2v) is 9.63. The number of benzene rings is 2. The van der Waals surface area contributed by atoms with Crippen LogP contribution in [0.4, 0.5) is 5.69 Å². The van der Waals surface area contributed by atoms with Gasteiger partial charge in [0.2, 0.25) is 21.8 Å². The average Bonchev–Trinajstić information content (AvgIpc) is 3.04. The van der Waals surface area contributed by atoms with E-state index < -0.39 is 15.9 Å². The number of hydrogen-bond donors (Lipinski definition) is 1. The molecule has 1 atom stereocenters. The van der Waals surface area contributed by atoms with Crippen LogP contribution in [0.3, 0.4) is 0 Å². The first kappa shape index (κ1) is 21.3. The smallest absolute Gasteiger partial charge is 0.242 e. The lowest BCUT2D eigenvalue weighted by molar-refractivity contribution is -0.128. The summed E-state index contributed by atoms with van der Waals surface area (Å²) in [7, 11) is -0.617. The summed E-state index contributed by atoms with van der Waals surface area (Å²) in [6.45, 7) is 0.669. The van der Waals surface area contributed by atoms with Gasteiger partial charge in [-0.05, 0) is 35.9 Å². The molecule has 0 bridgehead atoms. The highest BCUT2D eigenvalue weighted by Gasteiger charge is 2.34. The number of hydrogen-bond acceptors (Lipinski definition) is 4. The zero-order chi connectivity index (χ0) is 21.2. The van der Waals surface area contributed by atoms with Crippen molar-refractivity contribution in [1.82, 2.24) is 9.21 Å². The van der Waals surface area contributed by atoms with E-state index in [1.54, 1.807) is 11.0 Å². The van der Waals surface area contributed by atoms with Gasteiger partial charge in [0.05, 0.1) is 10.8 Å². The maximum absolute atomic E-state index is 12.6. The number of rotatable bonds is 6. The van der Waals surface area contributed by atoms with Crippen LogP contribution in [-0.2, 0) is 26.2 Å². The Balaban J connectivity index is 1.63. The predicted molar refractivity (Wildman–Crippen MR) is 111 cm³/mol. The second-order valence-electron chi connectivity index (χ2n) is 7.07. The van der Waals surface area contributed by atoms with Gasteiger partial charge in [-0.15, -0.1) is 0 Å². The molecule has 0 radical (unpaired) electrons. The minimum Gasteiger partial charge on any atom is -0.337 e. The van der Waals surface area contributed by atoms with E-state index in [1.807, 2.05) is 18.2 Å². The van der Waals surface area contributed by atoms with E-state index in [0.29, 0.717) is 23.8 Å². The van der Waals surface area contributed by atoms with E-state index in [2.05, 4.69) is 5.32 Å². The van der Waals surface area contributed by atoms with E-state index in [4.69, 9.17) is 11.6 Å². The molecule has 1 saturated heterocycles. The zero-order valence-corrected chi connectivity index (χ0v) is 17.7. The number of nitrogens with one attached hydrogen (secondary N) is 1. The van der Waals surface area contributed by atoms with E-state index in [-0.39, 0.29) is 23.1 Å². The van der Waals surface area contributed by atoms with Crippen LogP contribution >= 0.6 is 11.6 Å². The van der Waals surface area contributed by atoms with Gasteiger partial charge in [0, 0.05) is 44.3 Å². The van der Waals surface area contributed by atoms with Gasteiger partial charge in [0.15, 0.2) is 0 Å². The molecule has 1 aliphatic heterocycles. The van der Waals surface area contributed by atoms with E-state index in [9.17, 15) is 18.0 Å². The van der Waals surface area contributed by atoms with Gasteiger partial charge in [-0.25, -0.2) is 12.7 Å². The van der Waals surface area contributed by atoms with Crippen molar-refractivity contribution in [2.75, 3.05) is 26.0 Å². The molecule has 2 aromatic carbocycles. The monoisotopic (exact) mass is 435 g/mol. The number of halogens is 1. The van der Waals surface area contributed by atoms with Gasteiger partial charge < -0.3 is 10.2 Å². The van der Waals surface area contributed by atoms with Crippen LogP contribution in [0.1, 0.15) is 12.0 Å². The Kier molecular flexibility index (Phi) is 6.26. The molecule has 0 unspecified atom stereocenters. The van der Waals surface area contributed by atoms with E-state index >= 15 is 0 Å². The number of likely N-dealkylation sites (tertiary alicyclic amines) is 1. The molecule has 1 N–H and O–H groups in total. The van der Waals surface area contributed by atoms with Crippen molar-refractivity contribution in [3.05, 3.63) is 59.1 Å². The molecule has 0 aromatic heterocycles. The number of anilines is 1. The molecular formula is C20H22ClN3O4S. The normalized spacial score (nSPS) is 17.0.